The van der Waals surface area contributed by atoms with Gasteiger partial charge in [0.25, 0.3) is 0 Å². The number of hydrogen-bond donors (Lipinski definition) is 2. The Bertz CT molecular complexity index is 543. The molecule has 2 heterocycles. The van der Waals surface area contributed by atoms with Crippen LogP contribution in [0.1, 0.15) is 36.9 Å². The van der Waals surface area contributed by atoms with Crippen LogP contribution in [-0.2, 0) is 12.7 Å². The van der Waals surface area contributed by atoms with Crippen LogP contribution < -0.4 is 10.6 Å². The number of likely N-dealkylation sites (N-methyl/N-ethyl adjacent to an activating group) is 1. The molecular weight excluding hydrogens is 339 g/mol. The van der Waals surface area contributed by atoms with E-state index in [0.29, 0.717) is 17.0 Å². The second-order valence-corrected chi connectivity index (χ2v) is 6.65. The molecule has 2 N–H and O–H groups in total. The normalized spacial score (nSPS) is 20.2. The van der Waals surface area contributed by atoms with Crippen LogP contribution in [0.3, 0.4) is 0 Å². The molecule has 0 aromatic carbocycles. The van der Waals surface area contributed by atoms with E-state index in [1.165, 1.54) is 12.8 Å². The molecule has 2 rings (SSSR count). The average molecular weight is 363 g/mol. The van der Waals surface area contributed by atoms with Crippen molar-refractivity contribution >= 4 is 17.3 Å². The summed E-state index contributed by atoms with van der Waals surface area (Å²) in [5, 5.41) is 7.71. The highest BCUT2D eigenvalue weighted by atomic mass is 32.1. The molecule has 1 atom stereocenters. The molecule has 1 aromatic rings. The number of aliphatic imine (C=N–C) groups is 1. The van der Waals surface area contributed by atoms with Gasteiger partial charge in [-0.15, -0.1) is 11.3 Å². The number of hydrogen-bond acceptors (Lipinski definition) is 4. The van der Waals surface area contributed by atoms with Crippen LogP contribution in [-0.4, -0.2) is 48.6 Å². The van der Waals surface area contributed by atoms with Gasteiger partial charge < -0.3 is 10.6 Å². The second-order valence-electron chi connectivity index (χ2n) is 5.71. The van der Waals surface area contributed by atoms with E-state index in [1.807, 2.05) is 0 Å². The van der Waals surface area contributed by atoms with Crippen molar-refractivity contribution in [3.8, 4) is 0 Å². The van der Waals surface area contributed by atoms with E-state index in [9.17, 15) is 13.2 Å². The highest BCUT2D eigenvalue weighted by molar-refractivity contribution is 7.09. The lowest BCUT2D eigenvalue weighted by molar-refractivity contribution is -0.140. The van der Waals surface area contributed by atoms with E-state index in [2.05, 4.69) is 32.4 Å². The third-order valence-electron chi connectivity index (χ3n) is 4.13. The Labute approximate surface area is 144 Å². The first-order chi connectivity index (χ1) is 11.4. The zero-order valence-electron chi connectivity index (χ0n) is 14.0. The van der Waals surface area contributed by atoms with Crippen molar-refractivity contribution in [2.75, 3.05) is 26.7 Å². The lowest BCUT2D eigenvalue weighted by Gasteiger charge is -2.35. The fraction of sp³-hybridized carbons (Fsp3) is 0.733. The van der Waals surface area contributed by atoms with Gasteiger partial charge in [0.05, 0.1) is 6.54 Å². The second kappa shape index (κ2) is 8.66. The Kier molecular flexibility index (Phi) is 6.85. The molecule has 0 saturated carbocycles. The van der Waals surface area contributed by atoms with Gasteiger partial charge in [-0.05, 0) is 25.9 Å². The van der Waals surface area contributed by atoms with Crippen LogP contribution in [0.15, 0.2) is 10.4 Å². The fourth-order valence-electron chi connectivity index (χ4n) is 2.82. The Morgan fingerprint density at radius 1 is 1.42 bits per heavy atom. The first-order valence-corrected chi connectivity index (χ1v) is 9.02. The highest BCUT2D eigenvalue weighted by Gasteiger charge is 2.33. The maximum absolute atomic E-state index is 12.5. The molecule has 0 bridgehead atoms. The predicted molar refractivity (Wildman–Crippen MR) is 90.2 cm³/mol. The van der Waals surface area contributed by atoms with Crippen molar-refractivity contribution < 1.29 is 13.2 Å². The van der Waals surface area contributed by atoms with E-state index in [-0.39, 0.29) is 6.54 Å². The molecule has 0 radical (unpaired) electrons. The molecule has 136 valence electrons. The number of aromatic nitrogens is 1. The van der Waals surface area contributed by atoms with E-state index < -0.39 is 11.9 Å². The van der Waals surface area contributed by atoms with Crippen molar-refractivity contribution in [3.63, 3.8) is 0 Å². The summed E-state index contributed by atoms with van der Waals surface area (Å²) in [4.78, 5) is 10.2. The number of guanidine groups is 1. The number of piperidine rings is 1. The lowest BCUT2D eigenvalue weighted by Crippen LogP contribution is -2.48. The molecule has 0 aliphatic carbocycles. The molecule has 24 heavy (non-hydrogen) atoms. The van der Waals surface area contributed by atoms with E-state index in [4.69, 9.17) is 0 Å². The van der Waals surface area contributed by atoms with E-state index in [1.54, 1.807) is 7.05 Å². The number of likely N-dealkylation sites (tertiary alicyclic amines) is 1. The third-order valence-corrected chi connectivity index (χ3v) is 4.98. The zero-order chi connectivity index (χ0) is 17.6. The SMILES string of the molecule is CCN1CCCCC1CNC(=NC)NCc1nc(C(F)(F)F)cs1. The van der Waals surface area contributed by atoms with Crippen LogP contribution in [0.2, 0.25) is 0 Å². The molecule has 1 aliphatic heterocycles. The van der Waals surface area contributed by atoms with Crippen LogP contribution >= 0.6 is 11.3 Å². The molecule has 5 nitrogen and oxygen atoms in total. The Morgan fingerprint density at radius 3 is 2.83 bits per heavy atom. The minimum absolute atomic E-state index is 0.225. The first kappa shape index (κ1) is 19.0. The van der Waals surface area contributed by atoms with Gasteiger partial charge in [-0.1, -0.05) is 13.3 Å². The van der Waals surface area contributed by atoms with Gasteiger partial charge >= 0.3 is 6.18 Å². The van der Waals surface area contributed by atoms with Gasteiger partial charge in [0.1, 0.15) is 5.01 Å². The molecule has 1 unspecified atom stereocenters. The summed E-state index contributed by atoms with van der Waals surface area (Å²) >= 11 is 0.994. The smallest absolute Gasteiger partial charge is 0.355 e. The predicted octanol–water partition coefficient (Wildman–Crippen LogP) is 2.70. The molecule has 1 aliphatic rings. The topological polar surface area (TPSA) is 52.5 Å². The van der Waals surface area contributed by atoms with E-state index >= 15 is 0 Å². The molecule has 1 saturated heterocycles. The van der Waals surface area contributed by atoms with Gasteiger partial charge in [-0.25, -0.2) is 4.98 Å². The number of alkyl halides is 3. The first-order valence-electron chi connectivity index (χ1n) is 8.14. The number of thiazole rings is 1. The van der Waals surface area contributed by atoms with Gasteiger partial charge in [-0.2, -0.15) is 13.2 Å². The monoisotopic (exact) mass is 363 g/mol. The van der Waals surface area contributed by atoms with Crippen molar-refractivity contribution in [1.29, 1.82) is 0 Å². The standard InChI is InChI=1S/C15H24F3N5S/c1-3-23-7-5-4-6-11(23)8-20-14(19-2)21-9-13-22-12(10-24-13)15(16,17)18/h10-11H,3-9H2,1-2H3,(H2,19,20,21). The van der Waals surface area contributed by atoms with Crippen LogP contribution in [0.25, 0.3) is 0 Å². The molecular formula is C15H24F3N5S. The van der Waals surface area contributed by atoms with Crippen LogP contribution in [0.5, 0.6) is 0 Å². The van der Waals surface area contributed by atoms with Crippen molar-refractivity contribution in [1.82, 2.24) is 20.5 Å². The van der Waals surface area contributed by atoms with Gasteiger partial charge in [0.2, 0.25) is 0 Å². The Morgan fingerprint density at radius 2 is 2.21 bits per heavy atom. The van der Waals surface area contributed by atoms with Gasteiger partial charge in [0, 0.05) is 25.0 Å². The van der Waals surface area contributed by atoms with Crippen molar-refractivity contribution in [3.05, 3.63) is 16.1 Å². The summed E-state index contributed by atoms with van der Waals surface area (Å²) < 4.78 is 37.6. The van der Waals surface area contributed by atoms with E-state index in [0.717, 1.165) is 42.8 Å². The molecule has 0 spiro atoms. The Hall–Kier alpha value is -1.35. The van der Waals surface area contributed by atoms with Crippen molar-refractivity contribution in [2.45, 2.75) is 44.9 Å². The van der Waals surface area contributed by atoms with Crippen LogP contribution in [0, 0.1) is 0 Å². The average Bonchev–Trinajstić information content (AvgIpc) is 3.04. The summed E-state index contributed by atoms with van der Waals surface area (Å²) in [6, 6.07) is 0.471. The molecule has 1 aromatic heterocycles. The van der Waals surface area contributed by atoms with Crippen molar-refractivity contribution in [2.24, 2.45) is 4.99 Å². The summed E-state index contributed by atoms with van der Waals surface area (Å²) in [5.74, 6) is 0.584. The highest BCUT2D eigenvalue weighted by Crippen LogP contribution is 2.29. The van der Waals surface area contributed by atoms with Gasteiger partial charge in [-0.3, -0.25) is 9.89 Å². The maximum Gasteiger partial charge on any atom is 0.434 e. The minimum atomic E-state index is -4.39. The number of rotatable bonds is 5. The molecule has 9 heteroatoms. The zero-order valence-corrected chi connectivity index (χ0v) is 14.8. The van der Waals surface area contributed by atoms with Gasteiger partial charge in [0.15, 0.2) is 11.7 Å². The minimum Gasteiger partial charge on any atom is -0.355 e. The maximum atomic E-state index is 12.5. The fourth-order valence-corrected chi connectivity index (χ4v) is 3.56. The third kappa shape index (κ3) is 5.34. The number of nitrogens with one attached hydrogen (secondary N) is 2. The summed E-state index contributed by atoms with van der Waals surface area (Å²) in [6.07, 6.45) is -0.768. The summed E-state index contributed by atoms with van der Waals surface area (Å²) in [6.45, 7) is 5.31. The number of halogens is 3. The van der Waals surface area contributed by atoms with Crippen LogP contribution in [0.4, 0.5) is 13.2 Å². The largest absolute Gasteiger partial charge is 0.434 e. The summed E-state index contributed by atoms with van der Waals surface area (Å²) in [7, 11) is 1.65. The Balaban J connectivity index is 1.81. The molecule has 1 fully saturated rings. The quantitative estimate of drug-likeness (QED) is 0.624. The number of nitrogens with zero attached hydrogens (tertiary/aromatic N) is 3. The molecule has 0 amide bonds. The summed E-state index contributed by atoms with van der Waals surface area (Å²) in [5.41, 5.74) is -0.840. The lowest BCUT2D eigenvalue weighted by atomic mass is 10.0.